The first-order valence-corrected chi connectivity index (χ1v) is 5.42. The molecule has 2 aromatic heterocycles. The number of aromatic nitrogens is 4. The van der Waals surface area contributed by atoms with Crippen molar-refractivity contribution in [2.45, 2.75) is 0 Å². The Morgan fingerprint density at radius 1 is 1.35 bits per heavy atom. The number of carbonyl (C=O) groups is 1. The van der Waals surface area contributed by atoms with Crippen molar-refractivity contribution in [1.82, 2.24) is 19.3 Å². The molecule has 2 rings (SSSR count). The topological polar surface area (TPSA) is 116 Å². The highest BCUT2D eigenvalue weighted by molar-refractivity contribution is 5.88. The summed E-state index contributed by atoms with van der Waals surface area (Å²) >= 11 is 0. The van der Waals surface area contributed by atoms with Gasteiger partial charge in [0, 0.05) is 20.3 Å². The molecule has 0 atom stereocenters. The van der Waals surface area contributed by atoms with Crippen LogP contribution in [0.5, 0.6) is 11.6 Å². The van der Waals surface area contributed by atoms with Gasteiger partial charge in [-0.1, -0.05) is 0 Å². The maximum atomic E-state index is 11.8. The molecule has 0 saturated carbocycles. The standard InChI is InChI=1S/C11H10N4O5/c1-14-9(16)8(13-15(2)11(14)19)20-6-4-3-5-12-7(6)10(17)18/h3-5H,1-2H3,(H,17,18). The lowest BCUT2D eigenvalue weighted by molar-refractivity contribution is 0.0687. The predicted octanol–water partition coefficient (Wildman–Crippen LogP) is -0.636. The number of hydrogen-bond acceptors (Lipinski definition) is 6. The molecule has 104 valence electrons. The fourth-order valence-electron chi connectivity index (χ4n) is 1.47. The molecule has 0 fully saturated rings. The third-order valence-corrected chi connectivity index (χ3v) is 2.47. The molecular formula is C11H10N4O5. The number of aromatic carboxylic acids is 1. The number of aryl methyl sites for hydroxylation is 1. The molecule has 0 aliphatic heterocycles. The van der Waals surface area contributed by atoms with E-state index in [1.54, 1.807) is 0 Å². The molecule has 0 aliphatic rings. The van der Waals surface area contributed by atoms with Crippen molar-refractivity contribution in [1.29, 1.82) is 0 Å². The van der Waals surface area contributed by atoms with Crippen LogP contribution in [0.15, 0.2) is 27.9 Å². The van der Waals surface area contributed by atoms with Gasteiger partial charge in [0.2, 0.25) is 0 Å². The van der Waals surface area contributed by atoms with Crippen molar-refractivity contribution in [2.75, 3.05) is 0 Å². The summed E-state index contributed by atoms with van der Waals surface area (Å²) in [5, 5.41) is 12.6. The van der Waals surface area contributed by atoms with Crippen molar-refractivity contribution in [2.24, 2.45) is 14.1 Å². The van der Waals surface area contributed by atoms with Crippen molar-refractivity contribution >= 4 is 5.97 Å². The summed E-state index contributed by atoms with van der Waals surface area (Å²) in [6.07, 6.45) is 1.28. The summed E-state index contributed by atoms with van der Waals surface area (Å²) in [7, 11) is 2.61. The van der Waals surface area contributed by atoms with Crippen LogP contribution < -0.4 is 16.0 Å². The largest absolute Gasteiger partial charge is 0.476 e. The van der Waals surface area contributed by atoms with E-state index in [1.165, 1.54) is 32.4 Å². The first kappa shape index (κ1) is 13.5. The van der Waals surface area contributed by atoms with Crippen LogP contribution in [0.2, 0.25) is 0 Å². The Morgan fingerprint density at radius 2 is 2.05 bits per heavy atom. The molecule has 20 heavy (non-hydrogen) atoms. The molecule has 0 unspecified atom stereocenters. The van der Waals surface area contributed by atoms with E-state index in [1.807, 2.05) is 0 Å². The molecule has 0 aliphatic carbocycles. The molecule has 0 amide bonds. The lowest BCUT2D eigenvalue weighted by Gasteiger charge is -2.08. The second-order valence-electron chi connectivity index (χ2n) is 3.83. The maximum Gasteiger partial charge on any atom is 0.358 e. The molecule has 2 aromatic rings. The van der Waals surface area contributed by atoms with E-state index in [2.05, 4.69) is 10.1 Å². The van der Waals surface area contributed by atoms with Gasteiger partial charge in [0.25, 0.3) is 0 Å². The van der Waals surface area contributed by atoms with Crippen LogP contribution in [0.1, 0.15) is 10.5 Å². The van der Waals surface area contributed by atoms with Crippen LogP contribution in [-0.4, -0.2) is 30.4 Å². The van der Waals surface area contributed by atoms with Crippen molar-refractivity contribution in [3.05, 3.63) is 44.9 Å². The first-order valence-electron chi connectivity index (χ1n) is 5.42. The Hall–Kier alpha value is -2.97. The second-order valence-corrected chi connectivity index (χ2v) is 3.83. The van der Waals surface area contributed by atoms with Crippen LogP contribution in [0.4, 0.5) is 0 Å². The van der Waals surface area contributed by atoms with E-state index < -0.39 is 23.1 Å². The van der Waals surface area contributed by atoms with Gasteiger partial charge in [0.15, 0.2) is 11.4 Å². The first-order chi connectivity index (χ1) is 9.41. The minimum Gasteiger partial charge on any atom is -0.476 e. The van der Waals surface area contributed by atoms with Gasteiger partial charge >= 0.3 is 23.1 Å². The maximum absolute atomic E-state index is 11.8. The van der Waals surface area contributed by atoms with Gasteiger partial charge in [-0.2, -0.15) is 0 Å². The molecular weight excluding hydrogens is 268 g/mol. The molecule has 0 bridgehead atoms. The lowest BCUT2D eigenvalue weighted by Crippen LogP contribution is -2.38. The summed E-state index contributed by atoms with van der Waals surface area (Å²) < 4.78 is 6.89. The molecule has 0 radical (unpaired) electrons. The smallest absolute Gasteiger partial charge is 0.358 e. The number of carboxylic acids is 1. The second kappa shape index (κ2) is 4.96. The van der Waals surface area contributed by atoms with Gasteiger partial charge in [0.05, 0.1) is 0 Å². The molecule has 9 heteroatoms. The Kier molecular flexibility index (Phi) is 3.34. The fourth-order valence-corrected chi connectivity index (χ4v) is 1.47. The molecule has 0 aromatic carbocycles. The van der Waals surface area contributed by atoms with Gasteiger partial charge in [-0.3, -0.25) is 9.36 Å². The van der Waals surface area contributed by atoms with Gasteiger partial charge in [0.1, 0.15) is 0 Å². The van der Waals surface area contributed by atoms with Crippen molar-refractivity contribution < 1.29 is 14.6 Å². The van der Waals surface area contributed by atoms with Crippen molar-refractivity contribution in [3.8, 4) is 11.6 Å². The number of hydrogen-bond donors (Lipinski definition) is 1. The molecule has 1 N–H and O–H groups in total. The Morgan fingerprint density at radius 3 is 2.70 bits per heavy atom. The minimum absolute atomic E-state index is 0.136. The fraction of sp³-hybridized carbons (Fsp3) is 0.182. The molecule has 0 spiro atoms. The highest BCUT2D eigenvalue weighted by Gasteiger charge is 2.17. The van der Waals surface area contributed by atoms with Crippen molar-refractivity contribution in [3.63, 3.8) is 0 Å². The Labute approximate surface area is 111 Å². The van der Waals surface area contributed by atoms with E-state index in [0.29, 0.717) is 0 Å². The third-order valence-electron chi connectivity index (χ3n) is 2.47. The van der Waals surface area contributed by atoms with E-state index in [4.69, 9.17) is 9.84 Å². The summed E-state index contributed by atoms with van der Waals surface area (Å²) in [5.41, 5.74) is -1.74. The Balaban J connectivity index is 2.54. The number of pyridine rings is 1. The summed E-state index contributed by atoms with van der Waals surface area (Å²) in [5.74, 6) is -1.85. The van der Waals surface area contributed by atoms with Crippen LogP contribution in [0, 0.1) is 0 Å². The quantitative estimate of drug-likeness (QED) is 0.793. The number of ether oxygens (including phenoxy) is 1. The minimum atomic E-state index is -1.30. The van der Waals surface area contributed by atoms with Gasteiger partial charge in [-0.05, 0) is 12.1 Å². The monoisotopic (exact) mass is 278 g/mol. The van der Waals surface area contributed by atoms with Crippen LogP contribution >= 0.6 is 0 Å². The Bertz CT molecular complexity index is 792. The summed E-state index contributed by atoms with van der Waals surface area (Å²) in [4.78, 5) is 37.9. The number of rotatable bonds is 3. The SMILES string of the molecule is Cn1nc(Oc2cccnc2C(=O)O)c(=O)n(C)c1=O. The summed E-state index contributed by atoms with van der Waals surface area (Å²) in [6, 6.07) is 2.79. The van der Waals surface area contributed by atoms with Crippen LogP contribution in [0.25, 0.3) is 0 Å². The normalized spacial score (nSPS) is 10.3. The zero-order chi connectivity index (χ0) is 14.9. The molecule has 2 heterocycles. The van der Waals surface area contributed by atoms with Gasteiger partial charge in [-0.25, -0.2) is 19.3 Å². The van der Waals surface area contributed by atoms with E-state index >= 15 is 0 Å². The van der Waals surface area contributed by atoms with E-state index in [-0.39, 0.29) is 11.4 Å². The average Bonchev–Trinajstić information content (AvgIpc) is 2.43. The summed E-state index contributed by atoms with van der Waals surface area (Å²) in [6.45, 7) is 0. The third kappa shape index (κ3) is 2.28. The predicted molar refractivity (Wildman–Crippen MR) is 66.0 cm³/mol. The van der Waals surface area contributed by atoms with Gasteiger partial charge in [-0.15, -0.1) is 5.10 Å². The van der Waals surface area contributed by atoms with E-state index in [0.717, 1.165) is 9.25 Å². The van der Waals surface area contributed by atoms with Crippen LogP contribution in [-0.2, 0) is 14.1 Å². The zero-order valence-electron chi connectivity index (χ0n) is 10.6. The molecule has 9 nitrogen and oxygen atoms in total. The highest BCUT2D eigenvalue weighted by atomic mass is 16.5. The van der Waals surface area contributed by atoms with Crippen LogP contribution in [0.3, 0.4) is 0 Å². The average molecular weight is 278 g/mol. The molecule has 0 saturated heterocycles. The van der Waals surface area contributed by atoms with E-state index in [9.17, 15) is 14.4 Å². The number of carboxylic acid groups (broad SMARTS) is 1. The highest BCUT2D eigenvalue weighted by Crippen LogP contribution is 2.19. The lowest BCUT2D eigenvalue weighted by atomic mass is 10.3. The van der Waals surface area contributed by atoms with Gasteiger partial charge < -0.3 is 9.84 Å². The number of nitrogens with zero attached hydrogens (tertiary/aromatic N) is 4. The zero-order valence-corrected chi connectivity index (χ0v) is 10.6.